The standard InChI is InChI=1S/C15H14F2O5S/c16-15(17,23(18,19)20)9-21-7-10-5-6-13(14-8-22-14)12-4-2-1-3-11(10)12/h1-6,14H,7-9H2,(H,18,19,20). The van der Waals surface area contributed by atoms with Crippen LogP contribution in [0.15, 0.2) is 36.4 Å². The summed E-state index contributed by atoms with van der Waals surface area (Å²) in [5, 5.41) is -2.56. The first-order valence-corrected chi connectivity index (χ1v) is 8.28. The van der Waals surface area contributed by atoms with Gasteiger partial charge in [-0.3, -0.25) is 4.55 Å². The highest BCUT2D eigenvalue weighted by Gasteiger charge is 2.44. The Hall–Kier alpha value is -1.61. The molecule has 1 atom stereocenters. The normalized spacial score (nSPS) is 18.3. The van der Waals surface area contributed by atoms with E-state index in [-0.39, 0.29) is 12.7 Å². The van der Waals surface area contributed by atoms with E-state index in [1.54, 1.807) is 6.07 Å². The van der Waals surface area contributed by atoms with E-state index in [2.05, 4.69) is 0 Å². The second-order valence-electron chi connectivity index (χ2n) is 5.29. The average molecular weight is 344 g/mol. The summed E-state index contributed by atoms with van der Waals surface area (Å²) in [4.78, 5) is 0. The maximum Gasteiger partial charge on any atom is 0.392 e. The topological polar surface area (TPSA) is 76.1 Å². The van der Waals surface area contributed by atoms with Crippen LogP contribution in [-0.2, 0) is 26.2 Å². The molecule has 2 aromatic rings. The molecule has 3 rings (SSSR count). The van der Waals surface area contributed by atoms with E-state index in [1.165, 1.54) is 0 Å². The second kappa shape index (κ2) is 5.79. The molecule has 8 heteroatoms. The van der Waals surface area contributed by atoms with Gasteiger partial charge in [-0.25, -0.2) is 0 Å². The third-order valence-electron chi connectivity index (χ3n) is 3.63. The minimum absolute atomic E-state index is 0.0544. The highest BCUT2D eigenvalue weighted by atomic mass is 32.2. The van der Waals surface area contributed by atoms with Gasteiger partial charge in [0.2, 0.25) is 0 Å². The number of hydrogen-bond donors (Lipinski definition) is 1. The summed E-state index contributed by atoms with van der Waals surface area (Å²) in [6.07, 6.45) is 0.0544. The van der Waals surface area contributed by atoms with Gasteiger partial charge >= 0.3 is 15.4 Å². The summed E-state index contributed by atoms with van der Waals surface area (Å²) in [7, 11) is -5.48. The molecule has 1 aliphatic heterocycles. The lowest BCUT2D eigenvalue weighted by Crippen LogP contribution is -2.33. The quantitative estimate of drug-likeness (QED) is 0.644. The first kappa shape index (κ1) is 16.3. The van der Waals surface area contributed by atoms with E-state index in [0.717, 1.165) is 16.3 Å². The summed E-state index contributed by atoms with van der Waals surface area (Å²) in [6, 6.07) is 11.0. The Morgan fingerprint density at radius 3 is 2.48 bits per heavy atom. The van der Waals surface area contributed by atoms with E-state index in [4.69, 9.17) is 14.0 Å². The lowest BCUT2D eigenvalue weighted by atomic mass is 9.98. The molecule has 0 bridgehead atoms. The molecule has 1 saturated heterocycles. The molecule has 2 aromatic carbocycles. The minimum atomic E-state index is -5.48. The fraction of sp³-hybridized carbons (Fsp3) is 0.333. The predicted molar refractivity (Wildman–Crippen MR) is 78.8 cm³/mol. The summed E-state index contributed by atoms with van der Waals surface area (Å²) >= 11 is 0. The number of benzene rings is 2. The van der Waals surface area contributed by atoms with Crippen molar-refractivity contribution >= 4 is 20.9 Å². The highest BCUT2D eigenvalue weighted by Crippen LogP contribution is 2.36. The number of epoxide rings is 1. The molecule has 124 valence electrons. The van der Waals surface area contributed by atoms with Gasteiger partial charge in [-0.2, -0.15) is 17.2 Å². The Morgan fingerprint density at radius 2 is 1.87 bits per heavy atom. The number of fused-ring (bicyclic) bond motifs is 1. The molecule has 0 spiro atoms. The number of ether oxygens (including phenoxy) is 2. The molecule has 1 aliphatic rings. The second-order valence-corrected chi connectivity index (χ2v) is 6.83. The number of rotatable bonds is 6. The summed E-state index contributed by atoms with van der Waals surface area (Å²) in [6.45, 7) is -0.953. The lowest BCUT2D eigenvalue weighted by molar-refractivity contribution is -0.0262. The molecule has 23 heavy (non-hydrogen) atoms. The van der Waals surface area contributed by atoms with Crippen molar-refractivity contribution in [3.63, 3.8) is 0 Å². The number of alkyl halides is 2. The summed E-state index contributed by atoms with van der Waals surface area (Å²) < 4.78 is 65.9. The molecule has 0 aliphatic carbocycles. The molecule has 1 fully saturated rings. The van der Waals surface area contributed by atoms with Crippen LogP contribution in [0.3, 0.4) is 0 Å². The highest BCUT2D eigenvalue weighted by molar-refractivity contribution is 7.86. The average Bonchev–Trinajstić information content (AvgIpc) is 3.30. The van der Waals surface area contributed by atoms with Crippen molar-refractivity contribution in [3.05, 3.63) is 47.5 Å². The molecule has 5 nitrogen and oxygen atoms in total. The van der Waals surface area contributed by atoms with Crippen LogP contribution in [0, 0.1) is 0 Å². The van der Waals surface area contributed by atoms with Crippen LogP contribution in [0.4, 0.5) is 8.78 Å². The van der Waals surface area contributed by atoms with Gasteiger partial charge in [-0.15, -0.1) is 0 Å². The van der Waals surface area contributed by atoms with Crippen molar-refractivity contribution in [1.82, 2.24) is 0 Å². The molecule has 0 radical (unpaired) electrons. The zero-order valence-corrected chi connectivity index (χ0v) is 12.7. The Kier molecular flexibility index (Phi) is 4.09. The molecule has 0 saturated carbocycles. The largest absolute Gasteiger partial charge is 0.392 e. The first-order chi connectivity index (χ1) is 10.8. The summed E-state index contributed by atoms with van der Waals surface area (Å²) in [5.41, 5.74) is 1.67. The number of halogens is 2. The molecular formula is C15H14F2O5S. The molecule has 0 amide bonds. The first-order valence-electron chi connectivity index (χ1n) is 6.84. The SMILES string of the molecule is O=S(=O)(O)C(F)(F)COCc1ccc(C2CO2)c2ccccc12. The van der Waals surface area contributed by atoms with Gasteiger partial charge < -0.3 is 9.47 Å². The van der Waals surface area contributed by atoms with Gasteiger partial charge in [0, 0.05) is 0 Å². The van der Waals surface area contributed by atoms with Crippen molar-refractivity contribution in [1.29, 1.82) is 0 Å². The van der Waals surface area contributed by atoms with Gasteiger partial charge in [0.15, 0.2) is 0 Å². The van der Waals surface area contributed by atoms with Crippen molar-refractivity contribution in [3.8, 4) is 0 Å². The van der Waals surface area contributed by atoms with E-state index >= 15 is 0 Å². The van der Waals surface area contributed by atoms with Crippen LogP contribution in [0.5, 0.6) is 0 Å². The molecule has 1 unspecified atom stereocenters. The van der Waals surface area contributed by atoms with Crippen molar-refractivity contribution in [2.45, 2.75) is 18.0 Å². The van der Waals surface area contributed by atoms with Crippen molar-refractivity contribution < 1.29 is 31.2 Å². The summed E-state index contributed by atoms with van der Waals surface area (Å²) in [5.74, 6) is 0. The fourth-order valence-electron chi connectivity index (χ4n) is 2.37. The van der Waals surface area contributed by atoms with E-state index in [9.17, 15) is 17.2 Å². The van der Waals surface area contributed by atoms with E-state index in [0.29, 0.717) is 12.2 Å². The van der Waals surface area contributed by atoms with Crippen molar-refractivity contribution in [2.75, 3.05) is 13.2 Å². The van der Waals surface area contributed by atoms with Gasteiger partial charge in [0.25, 0.3) is 0 Å². The van der Waals surface area contributed by atoms with Crippen LogP contribution in [0.2, 0.25) is 0 Å². The number of hydrogen-bond acceptors (Lipinski definition) is 4. The van der Waals surface area contributed by atoms with Crippen LogP contribution in [0.1, 0.15) is 17.2 Å². The van der Waals surface area contributed by atoms with Gasteiger partial charge in [-0.05, 0) is 21.9 Å². The molecule has 0 aromatic heterocycles. The van der Waals surface area contributed by atoms with Gasteiger partial charge in [-0.1, -0.05) is 36.4 Å². The van der Waals surface area contributed by atoms with Crippen LogP contribution < -0.4 is 0 Å². The van der Waals surface area contributed by atoms with Gasteiger partial charge in [0.05, 0.1) is 13.2 Å². The Morgan fingerprint density at radius 1 is 1.22 bits per heavy atom. The Labute approximate surface area is 131 Å². The predicted octanol–water partition coefficient (Wildman–Crippen LogP) is 2.91. The van der Waals surface area contributed by atoms with Crippen molar-refractivity contribution in [2.24, 2.45) is 0 Å². The molecular weight excluding hydrogens is 330 g/mol. The monoisotopic (exact) mass is 344 g/mol. The zero-order valence-electron chi connectivity index (χ0n) is 11.9. The third kappa shape index (κ3) is 3.35. The maximum absolute atomic E-state index is 13.1. The lowest BCUT2D eigenvalue weighted by Gasteiger charge is -2.14. The van der Waals surface area contributed by atoms with Crippen LogP contribution in [0.25, 0.3) is 10.8 Å². The Bertz CT molecular complexity index is 831. The van der Waals surface area contributed by atoms with E-state index in [1.807, 2.05) is 30.3 Å². The van der Waals surface area contributed by atoms with Crippen LogP contribution >= 0.6 is 0 Å². The van der Waals surface area contributed by atoms with Gasteiger partial charge in [0.1, 0.15) is 12.7 Å². The fourth-order valence-corrected chi connectivity index (χ4v) is 2.61. The minimum Gasteiger partial charge on any atom is -0.369 e. The Balaban J connectivity index is 1.80. The molecule has 1 N–H and O–H groups in total. The van der Waals surface area contributed by atoms with Crippen LogP contribution in [-0.4, -0.2) is 31.4 Å². The van der Waals surface area contributed by atoms with E-state index < -0.39 is 22.0 Å². The maximum atomic E-state index is 13.1. The third-order valence-corrected chi connectivity index (χ3v) is 4.51. The zero-order chi connectivity index (χ0) is 16.7. The molecule has 1 heterocycles. The smallest absolute Gasteiger partial charge is 0.369 e.